The van der Waals surface area contributed by atoms with E-state index in [0.29, 0.717) is 17.6 Å². The van der Waals surface area contributed by atoms with Gasteiger partial charge in [-0.05, 0) is 25.1 Å². The maximum atomic E-state index is 10.5. The first-order chi connectivity index (χ1) is 7.58. The minimum absolute atomic E-state index is 0.254. The van der Waals surface area contributed by atoms with Crippen LogP contribution in [-0.4, -0.2) is 25.5 Å². The van der Waals surface area contributed by atoms with Crippen LogP contribution in [0.4, 0.5) is 0 Å². The standard InChI is InChI=1S/C11H12O5/c1-7(11(13)14)16-9-4-3-8(6-12)5-10(9)15-2/h3-7H,1-2H3,(H,13,14)/p-1. The van der Waals surface area contributed by atoms with Crippen LogP contribution in [0.5, 0.6) is 11.5 Å². The van der Waals surface area contributed by atoms with Crippen molar-refractivity contribution in [3.05, 3.63) is 23.8 Å². The van der Waals surface area contributed by atoms with Gasteiger partial charge in [0.1, 0.15) is 12.4 Å². The van der Waals surface area contributed by atoms with Crippen molar-refractivity contribution < 1.29 is 24.2 Å². The van der Waals surface area contributed by atoms with Crippen molar-refractivity contribution in [2.45, 2.75) is 13.0 Å². The van der Waals surface area contributed by atoms with Crippen molar-refractivity contribution in [2.24, 2.45) is 0 Å². The molecule has 0 heterocycles. The lowest BCUT2D eigenvalue weighted by Gasteiger charge is -2.17. The molecule has 0 saturated carbocycles. The summed E-state index contributed by atoms with van der Waals surface area (Å²) in [5.74, 6) is -0.760. The Kier molecular flexibility index (Phi) is 3.88. The zero-order valence-electron chi connectivity index (χ0n) is 8.93. The molecule has 1 unspecified atom stereocenters. The van der Waals surface area contributed by atoms with Gasteiger partial charge in [-0.25, -0.2) is 0 Å². The lowest BCUT2D eigenvalue weighted by atomic mass is 10.2. The van der Waals surface area contributed by atoms with E-state index in [1.165, 1.54) is 32.2 Å². The fourth-order valence-electron chi connectivity index (χ4n) is 1.09. The zero-order chi connectivity index (χ0) is 12.1. The highest BCUT2D eigenvalue weighted by molar-refractivity contribution is 5.76. The van der Waals surface area contributed by atoms with Gasteiger partial charge in [0.2, 0.25) is 0 Å². The van der Waals surface area contributed by atoms with Crippen molar-refractivity contribution in [3.8, 4) is 11.5 Å². The van der Waals surface area contributed by atoms with Gasteiger partial charge in [0, 0.05) is 5.56 Å². The molecule has 1 aromatic carbocycles. The number of carboxylic acids is 1. The summed E-state index contributed by atoms with van der Waals surface area (Å²) in [6.07, 6.45) is -0.426. The average Bonchev–Trinajstić information content (AvgIpc) is 2.29. The molecule has 0 aliphatic heterocycles. The highest BCUT2D eigenvalue weighted by Crippen LogP contribution is 2.28. The van der Waals surface area contributed by atoms with Crippen LogP contribution in [0.2, 0.25) is 0 Å². The van der Waals surface area contributed by atoms with Gasteiger partial charge >= 0.3 is 0 Å². The summed E-state index contributed by atoms with van der Waals surface area (Å²) in [6, 6.07) is 4.44. The quantitative estimate of drug-likeness (QED) is 0.658. The summed E-state index contributed by atoms with van der Waals surface area (Å²) in [7, 11) is 1.40. The minimum atomic E-state index is -1.32. The number of aldehydes is 1. The summed E-state index contributed by atoms with van der Waals surface area (Å²) in [4.78, 5) is 21.0. The number of hydrogen-bond acceptors (Lipinski definition) is 5. The Balaban J connectivity index is 2.95. The first kappa shape index (κ1) is 12.0. The topological polar surface area (TPSA) is 75.7 Å². The molecule has 5 nitrogen and oxygen atoms in total. The summed E-state index contributed by atoms with van der Waals surface area (Å²) < 4.78 is 10.1. The predicted octanol–water partition coefficient (Wildman–Crippen LogP) is 0.0249. The van der Waals surface area contributed by atoms with Crippen LogP contribution < -0.4 is 14.6 Å². The van der Waals surface area contributed by atoms with Crippen LogP contribution in [0.15, 0.2) is 18.2 Å². The normalized spacial score (nSPS) is 11.6. The number of benzene rings is 1. The molecule has 0 N–H and O–H groups in total. The van der Waals surface area contributed by atoms with Gasteiger partial charge in [-0.1, -0.05) is 0 Å². The number of carbonyl (C=O) groups excluding carboxylic acids is 2. The first-order valence-corrected chi connectivity index (χ1v) is 4.59. The molecule has 0 saturated heterocycles. The van der Waals surface area contributed by atoms with Gasteiger partial charge in [0.15, 0.2) is 11.5 Å². The summed E-state index contributed by atoms with van der Waals surface area (Å²) in [5.41, 5.74) is 0.422. The molecule has 0 amide bonds. The van der Waals surface area contributed by atoms with Crippen molar-refractivity contribution in [2.75, 3.05) is 7.11 Å². The van der Waals surface area contributed by atoms with Gasteiger partial charge in [-0.15, -0.1) is 0 Å². The molecule has 5 heteroatoms. The molecule has 1 rings (SSSR count). The lowest BCUT2D eigenvalue weighted by Crippen LogP contribution is -2.37. The Morgan fingerprint density at radius 1 is 1.44 bits per heavy atom. The Morgan fingerprint density at radius 2 is 2.12 bits per heavy atom. The Hall–Kier alpha value is -2.04. The van der Waals surface area contributed by atoms with Gasteiger partial charge in [0.25, 0.3) is 0 Å². The molecule has 1 aromatic rings. The molecule has 0 aromatic heterocycles. The fourth-order valence-corrected chi connectivity index (χ4v) is 1.09. The summed E-state index contributed by atoms with van der Waals surface area (Å²) in [5, 5.41) is 10.5. The fraction of sp³-hybridized carbons (Fsp3) is 0.273. The number of hydrogen-bond donors (Lipinski definition) is 0. The number of carboxylic acid groups (broad SMARTS) is 1. The summed E-state index contributed by atoms with van der Waals surface area (Å²) >= 11 is 0. The molecule has 0 aliphatic carbocycles. The van der Waals surface area contributed by atoms with Gasteiger partial charge in [-0.2, -0.15) is 0 Å². The Labute approximate surface area is 92.6 Å². The lowest BCUT2D eigenvalue weighted by molar-refractivity contribution is -0.312. The van der Waals surface area contributed by atoms with E-state index in [4.69, 9.17) is 9.47 Å². The van der Waals surface area contributed by atoms with E-state index in [-0.39, 0.29) is 5.75 Å². The Morgan fingerprint density at radius 3 is 2.62 bits per heavy atom. The van der Waals surface area contributed by atoms with Gasteiger partial charge in [0.05, 0.1) is 13.1 Å². The first-order valence-electron chi connectivity index (χ1n) is 4.59. The van der Waals surface area contributed by atoms with Crippen molar-refractivity contribution in [1.29, 1.82) is 0 Å². The number of ether oxygens (including phenoxy) is 2. The number of rotatable bonds is 5. The summed E-state index contributed by atoms with van der Waals surface area (Å²) in [6.45, 7) is 1.35. The van der Waals surface area contributed by atoms with E-state index >= 15 is 0 Å². The average molecular weight is 223 g/mol. The third kappa shape index (κ3) is 2.73. The largest absolute Gasteiger partial charge is 0.546 e. The van der Waals surface area contributed by atoms with Gasteiger partial charge < -0.3 is 19.4 Å². The monoisotopic (exact) mass is 223 g/mol. The molecular formula is C11H11O5-. The number of methoxy groups -OCH3 is 1. The molecule has 0 bridgehead atoms. The molecule has 0 spiro atoms. The molecule has 0 radical (unpaired) electrons. The second-order valence-electron chi connectivity index (χ2n) is 3.11. The zero-order valence-corrected chi connectivity index (χ0v) is 8.93. The maximum absolute atomic E-state index is 10.5. The van der Waals surface area contributed by atoms with Crippen molar-refractivity contribution in [3.63, 3.8) is 0 Å². The SMILES string of the molecule is COc1cc(C=O)ccc1OC(C)C(=O)[O-]. The number of carbonyl (C=O) groups is 2. The molecule has 16 heavy (non-hydrogen) atoms. The number of aliphatic carboxylic acids is 1. The van der Waals surface area contributed by atoms with Crippen LogP contribution in [0.1, 0.15) is 17.3 Å². The van der Waals surface area contributed by atoms with E-state index in [1.54, 1.807) is 0 Å². The third-order valence-electron chi connectivity index (χ3n) is 1.96. The van der Waals surface area contributed by atoms with E-state index in [1.807, 2.05) is 0 Å². The van der Waals surface area contributed by atoms with Crippen LogP contribution in [0, 0.1) is 0 Å². The molecule has 86 valence electrons. The second kappa shape index (κ2) is 5.16. The van der Waals surface area contributed by atoms with Crippen molar-refractivity contribution in [1.82, 2.24) is 0 Å². The highest BCUT2D eigenvalue weighted by Gasteiger charge is 2.10. The third-order valence-corrected chi connectivity index (χ3v) is 1.96. The molecule has 1 atom stereocenters. The van der Waals surface area contributed by atoms with E-state index in [2.05, 4.69) is 0 Å². The van der Waals surface area contributed by atoms with Gasteiger partial charge in [-0.3, -0.25) is 4.79 Å². The van der Waals surface area contributed by atoms with Crippen molar-refractivity contribution >= 4 is 12.3 Å². The van der Waals surface area contributed by atoms with E-state index < -0.39 is 12.1 Å². The molecular weight excluding hydrogens is 212 g/mol. The van der Waals surface area contributed by atoms with E-state index in [0.717, 1.165) is 0 Å². The van der Waals surface area contributed by atoms with Crippen LogP contribution in [0.25, 0.3) is 0 Å². The molecule has 0 aliphatic rings. The van der Waals surface area contributed by atoms with E-state index in [9.17, 15) is 14.7 Å². The predicted molar refractivity (Wildman–Crippen MR) is 53.5 cm³/mol. The van der Waals surface area contributed by atoms with Crippen LogP contribution in [-0.2, 0) is 4.79 Å². The van der Waals surface area contributed by atoms with Crippen LogP contribution in [0.3, 0.4) is 0 Å². The molecule has 0 fully saturated rings. The van der Waals surface area contributed by atoms with Crippen LogP contribution >= 0.6 is 0 Å². The second-order valence-corrected chi connectivity index (χ2v) is 3.11. The smallest absolute Gasteiger partial charge is 0.162 e. The maximum Gasteiger partial charge on any atom is 0.162 e. The highest BCUT2D eigenvalue weighted by atomic mass is 16.5. The Bertz CT molecular complexity index is 399. The minimum Gasteiger partial charge on any atom is -0.546 e.